The van der Waals surface area contributed by atoms with Crippen LogP contribution in [0.4, 0.5) is 0 Å². The van der Waals surface area contributed by atoms with Gasteiger partial charge in [-0.3, -0.25) is 4.79 Å². The predicted octanol–water partition coefficient (Wildman–Crippen LogP) is 1.11. The standard InChI is InChI=1S/C11H13NO2/c12-11(13)9-5-6-14-10-4-2-1-3-8(10)7-9/h1-4,9H,5-7H2,(H2,12,13). The fraction of sp³-hybridized carbons (Fsp3) is 0.364. The van der Waals surface area contributed by atoms with Gasteiger partial charge >= 0.3 is 0 Å². The molecule has 3 nitrogen and oxygen atoms in total. The lowest BCUT2D eigenvalue weighted by molar-refractivity contribution is -0.122. The van der Waals surface area contributed by atoms with E-state index in [4.69, 9.17) is 10.5 Å². The molecule has 1 atom stereocenters. The largest absolute Gasteiger partial charge is 0.493 e. The second-order valence-electron chi connectivity index (χ2n) is 3.55. The first-order valence-corrected chi connectivity index (χ1v) is 4.77. The smallest absolute Gasteiger partial charge is 0.220 e. The molecule has 2 N–H and O–H groups in total. The highest BCUT2D eigenvalue weighted by Crippen LogP contribution is 2.26. The third-order valence-electron chi connectivity index (χ3n) is 2.57. The van der Waals surface area contributed by atoms with E-state index in [-0.39, 0.29) is 11.8 Å². The molecule has 0 radical (unpaired) electrons. The summed E-state index contributed by atoms with van der Waals surface area (Å²) in [4.78, 5) is 11.1. The number of carbonyl (C=O) groups is 1. The Labute approximate surface area is 82.9 Å². The summed E-state index contributed by atoms with van der Waals surface area (Å²) < 4.78 is 5.52. The van der Waals surface area contributed by atoms with Gasteiger partial charge in [0.05, 0.1) is 6.61 Å². The number of benzene rings is 1. The number of amides is 1. The van der Waals surface area contributed by atoms with Gasteiger partial charge in [-0.1, -0.05) is 18.2 Å². The Bertz CT molecular complexity index is 349. The summed E-state index contributed by atoms with van der Waals surface area (Å²) in [6, 6.07) is 7.80. The van der Waals surface area contributed by atoms with Crippen molar-refractivity contribution in [3.8, 4) is 5.75 Å². The van der Waals surface area contributed by atoms with Crippen LogP contribution in [0.25, 0.3) is 0 Å². The van der Waals surface area contributed by atoms with Crippen LogP contribution in [0.2, 0.25) is 0 Å². The molecule has 1 heterocycles. The molecule has 14 heavy (non-hydrogen) atoms. The number of hydrogen-bond donors (Lipinski definition) is 1. The number of hydrogen-bond acceptors (Lipinski definition) is 2. The third-order valence-corrected chi connectivity index (χ3v) is 2.57. The zero-order valence-electron chi connectivity index (χ0n) is 7.90. The molecule has 0 spiro atoms. The van der Waals surface area contributed by atoms with Crippen molar-refractivity contribution in [1.29, 1.82) is 0 Å². The summed E-state index contributed by atoms with van der Waals surface area (Å²) >= 11 is 0. The van der Waals surface area contributed by atoms with E-state index in [0.29, 0.717) is 19.4 Å². The first-order chi connectivity index (χ1) is 6.77. The summed E-state index contributed by atoms with van der Waals surface area (Å²) in [6.07, 6.45) is 1.41. The van der Waals surface area contributed by atoms with E-state index in [1.165, 1.54) is 0 Å². The van der Waals surface area contributed by atoms with Gasteiger partial charge in [0, 0.05) is 5.92 Å². The number of primary amides is 1. The summed E-state index contributed by atoms with van der Waals surface area (Å²) in [6.45, 7) is 0.574. The van der Waals surface area contributed by atoms with Crippen LogP contribution in [-0.2, 0) is 11.2 Å². The number of rotatable bonds is 1. The van der Waals surface area contributed by atoms with Crippen molar-refractivity contribution in [1.82, 2.24) is 0 Å². The molecule has 1 amide bonds. The Morgan fingerprint density at radius 2 is 2.21 bits per heavy atom. The van der Waals surface area contributed by atoms with Crippen LogP contribution >= 0.6 is 0 Å². The average molecular weight is 191 g/mol. The quantitative estimate of drug-likeness (QED) is 0.723. The SMILES string of the molecule is NC(=O)C1CCOc2ccccc2C1. The molecule has 0 aliphatic carbocycles. The normalized spacial score (nSPS) is 20.4. The summed E-state index contributed by atoms with van der Waals surface area (Å²) in [5.74, 6) is 0.570. The van der Waals surface area contributed by atoms with E-state index in [1.54, 1.807) is 0 Å². The molecule has 0 bridgehead atoms. The van der Waals surface area contributed by atoms with Crippen LogP contribution < -0.4 is 10.5 Å². The Morgan fingerprint density at radius 1 is 1.43 bits per heavy atom. The van der Waals surface area contributed by atoms with E-state index in [2.05, 4.69) is 0 Å². The van der Waals surface area contributed by atoms with Crippen LogP contribution in [0.3, 0.4) is 0 Å². The van der Waals surface area contributed by atoms with Crippen molar-refractivity contribution < 1.29 is 9.53 Å². The van der Waals surface area contributed by atoms with Crippen LogP contribution in [0.15, 0.2) is 24.3 Å². The summed E-state index contributed by atoms with van der Waals surface area (Å²) in [5.41, 5.74) is 6.38. The van der Waals surface area contributed by atoms with Gasteiger partial charge in [-0.15, -0.1) is 0 Å². The van der Waals surface area contributed by atoms with Gasteiger partial charge in [-0.25, -0.2) is 0 Å². The predicted molar refractivity (Wildman–Crippen MR) is 52.9 cm³/mol. The second kappa shape index (κ2) is 3.70. The highest BCUT2D eigenvalue weighted by molar-refractivity contribution is 5.77. The molecule has 0 aromatic heterocycles. The minimum atomic E-state index is -0.231. The number of para-hydroxylation sites is 1. The zero-order chi connectivity index (χ0) is 9.97. The first-order valence-electron chi connectivity index (χ1n) is 4.77. The third kappa shape index (κ3) is 1.71. The fourth-order valence-electron chi connectivity index (χ4n) is 1.73. The molecule has 1 aliphatic rings. The van der Waals surface area contributed by atoms with E-state index in [0.717, 1.165) is 11.3 Å². The fourth-order valence-corrected chi connectivity index (χ4v) is 1.73. The molecule has 1 aromatic carbocycles. The van der Waals surface area contributed by atoms with E-state index in [1.807, 2.05) is 24.3 Å². The molecule has 74 valence electrons. The number of ether oxygens (including phenoxy) is 1. The lowest BCUT2D eigenvalue weighted by atomic mass is 9.96. The van der Waals surface area contributed by atoms with Crippen molar-refractivity contribution in [2.75, 3.05) is 6.61 Å². The lowest BCUT2D eigenvalue weighted by Gasteiger charge is -2.07. The maximum Gasteiger partial charge on any atom is 0.220 e. The monoisotopic (exact) mass is 191 g/mol. The van der Waals surface area contributed by atoms with Gasteiger partial charge in [0.2, 0.25) is 5.91 Å². The summed E-state index contributed by atoms with van der Waals surface area (Å²) in [5, 5.41) is 0. The molecule has 0 saturated heterocycles. The van der Waals surface area contributed by atoms with E-state index >= 15 is 0 Å². The van der Waals surface area contributed by atoms with Gasteiger partial charge in [0.25, 0.3) is 0 Å². The highest BCUT2D eigenvalue weighted by Gasteiger charge is 2.21. The van der Waals surface area contributed by atoms with Gasteiger partial charge in [0.15, 0.2) is 0 Å². The summed E-state index contributed by atoms with van der Waals surface area (Å²) in [7, 11) is 0. The van der Waals surface area contributed by atoms with Crippen molar-refractivity contribution in [2.24, 2.45) is 11.7 Å². The second-order valence-corrected chi connectivity index (χ2v) is 3.55. The average Bonchev–Trinajstić information content (AvgIpc) is 2.39. The van der Waals surface area contributed by atoms with Gasteiger partial charge in [-0.05, 0) is 24.5 Å². The molecular formula is C11H13NO2. The zero-order valence-corrected chi connectivity index (χ0v) is 7.90. The molecule has 0 saturated carbocycles. The molecule has 0 fully saturated rings. The molecular weight excluding hydrogens is 178 g/mol. The van der Waals surface area contributed by atoms with Crippen LogP contribution in [0.5, 0.6) is 5.75 Å². The number of nitrogens with two attached hydrogens (primary N) is 1. The topological polar surface area (TPSA) is 52.3 Å². The molecule has 1 aliphatic heterocycles. The Hall–Kier alpha value is -1.51. The van der Waals surface area contributed by atoms with E-state index < -0.39 is 0 Å². The maximum absolute atomic E-state index is 11.1. The van der Waals surface area contributed by atoms with Crippen molar-refractivity contribution >= 4 is 5.91 Å². The van der Waals surface area contributed by atoms with Crippen LogP contribution in [0.1, 0.15) is 12.0 Å². The van der Waals surface area contributed by atoms with Crippen LogP contribution in [0, 0.1) is 5.92 Å². The molecule has 3 heteroatoms. The van der Waals surface area contributed by atoms with Crippen molar-refractivity contribution in [2.45, 2.75) is 12.8 Å². The van der Waals surface area contributed by atoms with Gasteiger partial charge in [0.1, 0.15) is 5.75 Å². The van der Waals surface area contributed by atoms with Crippen molar-refractivity contribution in [3.05, 3.63) is 29.8 Å². The molecule has 2 rings (SSSR count). The highest BCUT2D eigenvalue weighted by atomic mass is 16.5. The van der Waals surface area contributed by atoms with Crippen LogP contribution in [-0.4, -0.2) is 12.5 Å². The van der Waals surface area contributed by atoms with Crippen molar-refractivity contribution in [3.63, 3.8) is 0 Å². The first kappa shape index (κ1) is 9.06. The minimum absolute atomic E-state index is 0.0846. The Kier molecular flexibility index (Phi) is 2.39. The number of carbonyl (C=O) groups excluding carboxylic acids is 1. The Morgan fingerprint density at radius 3 is 3.00 bits per heavy atom. The van der Waals surface area contributed by atoms with Gasteiger partial charge < -0.3 is 10.5 Å². The minimum Gasteiger partial charge on any atom is -0.493 e. The molecule has 1 aromatic rings. The molecule has 1 unspecified atom stereocenters. The van der Waals surface area contributed by atoms with E-state index in [9.17, 15) is 4.79 Å². The lowest BCUT2D eigenvalue weighted by Crippen LogP contribution is -2.25. The Balaban J connectivity index is 2.26. The maximum atomic E-state index is 11.1. The van der Waals surface area contributed by atoms with Gasteiger partial charge in [-0.2, -0.15) is 0 Å². The number of fused-ring (bicyclic) bond motifs is 1.